The Labute approximate surface area is 109 Å². The number of halogens is 1. The van der Waals surface area contributed by atoms with Crippen molar-refractivity contribution >= 4 is 28.3 Å². The van der Waals surface area contributed by atoms with E-state index < -0.39 is 0 Å². The van der Waals surface area contributed by atoms with Crippen molar-refractivity contribution in [2.45, 2.75) is 6.54 Å². The molecule has 1 aromatic carbocycles. The second-order valence-electron chi connectivity index (χ2n) is 4.11. The number of nitrogens with zero attached hydrogens (tertiary/aromatic N) is 2. The highest BCUT2D eigenvalue weighted by Gasteiger charge is 2.11. The average molecular weight is 262 g/mol. The molecule has 0 saturated heterocycles. The maximum atomic E-state index is 6.11. The van der Waals surface area contributed by atoms with E-state index in [1.165, 1.54) is 0 Å². The first kappa shape index (κ1) is 11.2. The fourth-order valence-electron chi connectivity index (χ4n) is 1.94. The Morgan fingerprint density at radius 1 is 1.39 bits per heavy atom. The van der Waals surface area contributed by atoms with Crippen molar-refractivity contribution in [1.29, 1.82) is 0 Å². The number of aromatic nitrogens is 2. The molecule has 1 N–H and O–H groups in total. The molecule has 0 spiro atoms. The van der Waals surface area contributed by atoms with Crippen LogP contribution in [0.2, 0.25) is 5.22 Å². The fourth-order valence-corrected chi connectivity index (χ4v) is 2.19. The van der Waals surface area contributed by atoms with E-state index in [4.69, 9.17) is 16.0 Å². The van der Waals surface area contributed by atoms with Crippen LogP contribution in [0.5, 0.6) is 0 Å². The summed E-state index contributed by atoms with van der Waals surface area (Å²) < 4.78 is 7.24. The van der Waals surface area contributed by atoms with Crippen molar-refractivity contribution in [2.75, 3.05) is 5.32 Å². The summed E-state index contributed by atoms with van der Waals surface area (Å²) in [6, 6.07) is 7.82. The van der Waals surface area contributed by atoms with Gasteiger partial charge in [0.1, 0.15) is 5.58 Å². The van der Waals surface area contributed by atoms with Gasteiger partial charge in [0, 0.05) is 30.7 Å². The lowest BCUT2D eigenvalue weighted by atomic mass is 10.2. The van der Waals surface area contributed by atoms with Gasteiger partial charge in [-0.3, -0.25) is 4.68 Å². The molecule has 0 aliphatic heterocycles. The van der Waals surface area contributed by atoms with Gasteiger partial charge in [-0.05, 0) is 17.7 Å². The second kappa shape index (κ2) is 4.38. The third-order valence-electron chi connectivity index (χ3n) is 2.82. The molecule has 0 saturated carbocycles. The summed E-state index contributed by atoms with van der Waals surface area (Å²) in [5.41, 5.74) is 2.74. The summed E-state index contributed by atoms with van der Waals surface area (Å²) in [5.74, 6) is 0. The van der Waals surface area contributed by atoms with E-state index in [2.05, 4.69) is 10.4 Å². The van der Waals surface area contributed by atoms with Gasteiger partial charge >= 0.3 is 0 Å². The Bertz CT molecular complexity index is 686. The van der Waals surface area contributed by atoms with Crippen LogP contribution >= 0.6 is 11.6 Å². The zero-order valence-electron chi connectivity index (χ0n) is 9.85. The van der Waals surface area contributed by atoms with E-state index in [9.17, 15) is 0 Å². The van der Waals surface area contributed by atoms with E-state index in [-0.39, 0.29) is 0 Å². The molecule has 0 atom stereocenters. The zero-order valence-corrected chi connectivity index (χ0v) is 10.6. The van der Waals surface area contributed by atoms with Crippen LogP contribution in [0.15, 0.2) is 41.1 Å². The molecule has 92 valence electrons. The molecular weight excluding hydrogens is 250 g/mol. The first-order chi connectivity index (χ1) is 8.74. The summed E-state index contributed by atoms with van der Waals surface area (Å²) in [6.45, 7) is 0.613. The minimum absolute atomic E-state index is 0.438. The molecule has 2 heterocycles. The van der Waals surface area contributed by atoms with Crippen molar-refractivity contribution in [3.05, 3.63) is 47.4 Å². The molecule has 2 aromatic heterocycles. The van der Waals surface area contributed by atoms with Crippen molar-refractivity contribution in [3.8, 4) is 0 Å². The highest BCUT2D eigenvalue weighted by molar-refractivity contribution is 6.30. The molecule has 0 aliphatic rings. The first-order valence-corrected chi connectivity index (χ1v) is 6.00. The topological polar surface area (TPSA) is 43.0 Å². The third kappa shape index (κ3) is 1.95. The Balaban J connectivity index is 1.88. The molecule has 18 heavy (non-hydrogen) atoms. The van der Waals surface area contributed by atoms with E-state index in [1.807, 2.05) is 37.5 Å². The summed E-state index contributed by atoms with van der Waals surface area (Å²) in [6.07, 6.45) is 3.69. The molecule has 0 amide bonds. The predicted octanol–water partition coefficient (Wildman–Crippen LogP) is 3.43. The molecule has 3 rings (SSSR count). The van der Waals surface area contributed by atoms with Crippen LogP contribution in [0, 0.1) is 0 Å². The lowest BCUT2D eigenvalue weighted by Gasteiger charge is -2.01. The summed E-state index contributed by atoms with van der Waals surface area (Å²) in [4.78, 5) is 0. The van der Waals surface area contributed by atoms with Gasteiger partial charge in [-0.2, -0.15) is 5.10 Å². The second-order valence-corrected chi connectivity index (χ2v) is 4.45. The number of anilines is 1. The normalized spacial score (nSPS) is 11.0. The molecule has 0 radical (unpaired) electrons. The van der Waals surface area contributed by atoms with E-state index in [1.54, 1.807) is 10.9 Å². The van der Waals surface area contributed by atoms with Crippen LogP contribution in [0.1, 0.15) is 5.56 Å². The summed E-state index contributed by atoms with van der Waals surface area (Å²) >= 11 is 6.11. The Hall–Kier alpha value is -1.94. The van der Waals surface area contributed by atoms with Crippen LogP contribution in [0.4, 0.5) is 5.69 Å². The van der Waals surface area contributed by atoms with Gasteiger partial charge in [0.2, 0.25) is 0 Å². The number of rotatable bonds is 3. The molecule has 0 fully saturated rings. The van der Waals surface area contributed by atoms with Gasteiger partial charge in [0.05, 0.1) is 11.9 Å². The minimum atomic E-state index is 0.438. The maximum absolute atomic E-state index is 6.11. The number of para-hydroxylation sites is 1. The van der Waals surface area contributed by atoms with Crippen LogP contribution in [-0.4, -0.2) is 9.78 Å². The van der Waals surface area contributed by atoms with Crippen LogP contribution in [-0.2, 0) is 13.6 Å². The highest BCUT2D eigenvalue weighted by atomic mass is 35.5. The molecule has 5 heteroatoms. The minimum Gasteiger partial charge on any atom is -0.444 e. The number of furan rings is 1. The first-order valence-electron chi connectivity index (χ1n) is 5.62. The SMILES string of the molecule is Cn1cc(NCc2c(Cl)oc3ccccc23)cn1. The zero-order chi connectivity index (χ0) is 12.5. The monoisotopic (exact) mass is 261 g/mol. The number of hydrogen-bond donors (Lipinski definition) is 1. The van der Waals surface area contributed by atoms with Gasteiger partial charge in [-0.25, -0.2) is 0 Å². The van der Waals surface area contributed by atoms with E-state index in [0.29, 0.717) is 11.8 Å². The number of hydrogen-bond acceptors (Lipinski definition) is 3. The van der Waals surface area contributed by atoms with Crippen LogP contribution in [0.25, 0.3) is 11.0 Å². The average Bonchev–Trinajstić information content (AvgIpc) is 2.90. The van der Waals surface area contributed by atoms with Gasteiger partial charge in [-0.1, -0.05) is 18.2 Å². The molecule has 0 unspecified atom stereocenters. The molecule has 3 aromatic rings. The predicted molar refractivity (Wildman–Crippen MR) is 71.8 cm³/mol. The number of benzene rings is 1. The summed E-state index contributed by atoms with van der Waals surface area (Å²) in [7, 11) is 1.88. The van der Waals surface area contributed by atoms with Gasteiger partial charge in [-0.15, -0.1) is 0 Å². The number of fused-ring (bicyclic) bond motifs is 1. The largest absolute Gasteiger partial charge is 0.444 e. The maximum Gasteiger partial charge on any atom is 0.199 e. The third-order valence-corrected chi connectivity index (χ3v) is 3.13. The van der Waals surface area contributed by atoms with Crippen molar-refractivity contribution in [3.63, 3.8) is 0 Å². The Morgan fingerprint density at radius 3 is 3.00 bits per heavy atom. The van der Waals surface area contributed by atoms with Crippen molar-refractivity contribution in [2.24, 2.45) is 7.05 Å². The smallest absolute Gasteiger partial charge is 0.199 e. The molecular formula is C13H12ClN3O. The van der Waals surface area contributed by atoms with Crippen LogP contribution < -0.4 is 5.32 Å². The number of nitrogens with one attached hydrogen (secondary N) is 1. The highest BCUT2D eigenvalue weighted by Crippen LogP contribution is 2.29. The summed E-state index contributed by atoms with van der Waals surface area (Å²) in [5, 5.41) is 8.85. The van der Waals surface area contributed by atoms with E-state index in [0.717, 1.165) is 22.2 Å². The fraction of sp³-hybridized carbons (Fsp3) is 0.154. The van der Waals surface area contributed by atoms with Gasteiger partial charge < -0.3 is 9.73 Å². The van der Waals surface area contributed by atoms with Crippen molar-refractivity contribution < 1.29 is 4.42 Å². The lowest BCUT2D eigenvalue weighted by molar-refractivity contribution is 0.613. The van der Waals surface area contributed by atoms with Gasteiger partial charge in [0.25, 0.3) is 0 Å². The quantitative estimate of drug-likeness (QED) is 0.785. The van der Waals surface area contributed by atoms with Crippen LogP contribution in [0.3, 0.4) is 0 Å². The standard InChI is InChI=1S/C13H12ClN3O/c1-17-8-9(6-16-17)15-7-11-10-4-2-3-5-12(10)18-13(11)14/h2-6,8,15H,7H2,1H3. The molecule has 4 nitrogen and oxygen atoms in total. The van der Waals surface area contributed by atoms with Gasteiger partial charge in [0.15, 0.2) is 5.22 Å². The van der Waals surface area contributed by atoms with E-state index >= 15 is 0 Å². The lowest BCUT2D eigenvalue weighted by Crippen LogP contribution is -1.98. The van der Waals surface area contributed by atoms with Crippen molar-refractivity contribution in [1.82, 2.24) is 9.78 Å². The molecule has 0 bridgehead atoms. The number of aryl methyl sites for hydroxylation is 1. The molecule has 0 aliphatic carbocycles. The Kier molecular flexibility index (Phi) is 2.72. The Morgan fingerprint density at radius 2 is 2.22 bits per heavy atom.